The number of thiazole rings is 1. The topological polar surface area (TPSA) is 49.3 Å². The van der Waals surface area contributed by atoms with Crippen molar-refractivity contribution < 1.29 is 0 Å². The first kappa shape index (κ1) is 14.7. The summed E-state index contributed by atoms with van der Waals surface area (Å²) in [4.78, 5) is 10.2. The normalized spacial score (nSPS) is 19.7. The lowest BCUT2D eigenvalue weighted by Gasteiger charge is -2.14. The van der Waals surface area contributed by atoms with Crippen LogP contribution in [-0.4, -0.2) is 35.0 Å². The summed E-state index contributed by atoms with van der Waals surface area (Å²) in [6.07, 6.45) is 4.58. The maximum atomic E-state index is 4.59. The molecule has 0 aliphatic carbocycles. The molecule has 1 aliphatic heterocycles. The van der Waals surface area contributed by atoms with E-state index >= 15 is 0 Å². The van der Waals surface area contributed by atoms with Crippen LogP contribution in [0.1, 0.15) is 29.7 Å². The molecular weight excluding hydrogens is 276 g/mol. The van der Waals surface area contributed by atoms with Crippen molar-refractivity contribution in [2.24, 2.45) is 4.99 Å². The molecule has 2 heterocycles. The molecule has 1 saturated heterocycles. The Morgan fingerprint density at radius 3 is 3.05 bits per heavy atom. The Hall–Kier alpha value is -0.750. The van der Waals surface area contributed by atoms with Crippen molar-refractivity contribution in [2.45, 2.75) is 38.5 Å². The number of nitrogens with zero attached hydrogens (tertiary/aromatic N) is 2. The number of guanidine groups is 1. The Kier molecular flexibility index (Phi) is 5.97. The molecule has 106 valence electrons. The molecule has 19 heavy (non-hydrogen) atoms. The zero-order chi connectivity index (χ0) is 13.5. The summed E-state index contributed by atoms with van der Waals surface area (Å²) in [6.45, 7) is 6.72. The van der Waals surface area contributed by atoms with Crippen molar-refractivity contribution in [3.63, 3.8) is 0 Å². The minimum atomic E-state index is 0.658. The van der Waals surface area contributed by atoms with Gasteiger partial charge in [0, 0.05) is 29.4 Å². The smallest absolute Gasteiger partial charge is 0.191 e. The molecule has 1 unspecified atom stereocenters. The average Bonchev–Trinajstić information content (AvgIpc) is 3.04. The maximum Gasteiger partial charge on any atom is 0.191 e. The van der Waals surface area contributed by atoms with Gasteiger partial charge < -0.3 is 10.6 Å². The van der Waals surface area contributed by atoms with E-state index in [0.717, 1.165) is 29.3 Å². The van der Waals surface area contributed by atoms with Crippen molar-refractivity contribution in [3.8, 4) is 0 Å². The van der Waals surface area contributed by atoms with E-state index in [2.05, 4.69) is 46.2 Å². The fourth-order valence-electron chi connectivity index (χ4n) is 1.98. The van der Waals surface area contributed by atoms with Crippen LogP contribution < -0.4 is 10.6 Å². The highest BCUT2D eigenvalue weighted by atomic mass is 32.2. The van der Waals surface area contributed by atoms with E-state index in [9.17, 15) is 0 Å². The van der Waals surface area contributed by atoms with Crippen molar-refractivity contribution >= 4 is 29.1 Å². The average molecular weight is 298 g/mol. The predicted octanol–water partition coefficient (Wildman–Crippen LogP) is 2.40. The molecule has 1 aromatic rings. The van der Waals surface area contributed by atoms with E-state index in [1.807, 2.05) is 6.20 Å². The lowest BCUT2D eigenvalue weighted by molar-refractivity contribution is 0.727. The maximum absolute atomic E-state index is 4.59. The lowest BCUT2D eigenvalue weighted by Crippen LogP contribution is -2.40. The highest BCUT2D eigenvalue weighted by Crippen LogP contribution is 2.25. The number of thioether (sulfide) groups is 1. The highest BCUT2D eigenvalue weighted by Gasteiger charge is 2.15. The fraction of sp³-hybridized carbons (Fsp3) is 0.692. The van der Waals surface area contributed by atoms with E-state index < -0.39 is 0 Å². The van der Waals surface area contributed by atoms with Gasteiger partial charge in [0.2, 0.25) is 0 Å². The molecule has 0 bridgehead atoms. The van der Waals surface area contributed by atoms with Gasteiger partial charge in [-0.05, 0) is 32.4 Å². The molecule has 2 rings (SSSR count). The second-order valence-electron chi connectivity index (χ2n) is 4.58. The first-order valence-corrected chi connectivity index (χ1v) is 8.69. The van der Waals surface area contributed by atoms with Gasteiger partial charge in [0.1, 0.15) is 5.01 Å². The van der Waals surface area contributed by atoms with Crippen LogP contribution in [0.3, 0.4) is 0 Å². The Bertz CT molecular complexity index is 411. The van der Waals surface area contributed by atoms with Gasteiger partial charge in [-0.25, -0.2) is 9.98 Å². The van der Waals surface area contributed by atoms with Crippen molar-refractivity contribution in [1.82, 2.24) is 15.6 Å². The molecule has 1 fully saturated rings. The Morgan fingerprint density at radius 1 is 1.53 bits per heavy atom. The van der Waals surface area contributed by atoms with E-state index in [-0.39, 0.29) is 0 Å². The highest BCUT2D eigenvalue weighted by molar-refractivity contribution is 8.00. The number of rotatable bonds is 5. The minimum Gasteiger partial charge on any atom is -0.357 e. The summed E-state index contributed by atoms with van der Waals surface area (Å²) in [5, 5.41) is 8.54. The summed E-state index contributed by atoms with van der Waals surface area (Å²) in [7, 11) is 0. The number of aromatic nitrogens is 1. The van der Waals surface area contributed by atoms with Crippen molar-refractivity contribution in [2.75, 3.05) is 18.8 Å². The molecule has 0 radical (unpaired) electrons. The van der Waals surface area contributed by atoms with Crippen molar-refractivity contribution in [3.05, 3.63) is 16.1 Å². The van der Waals surface area contributed by atoms with Gasteiger partial charge in [-0.1, -0.05) is 0 Å². The van der Waals surface area contributed by atoms with E-state index in [4.69, 9.17) is 0 Å². The third-order valence-corrected chi connectivity index (χ3v) is 5.20. The van der Waals surface area contributed by atoms with E-state index in [0.29, 0.717) is 6.54 Å². The van der Waals surface area contributed by atoms with Gasteiger partial charge in [-0.15, -0.1) is 11.3 Å². The summed E-state index contributed by atoms with van der Waals surface area (Å²) >= 11 is 3.78. The molecular formula is C13H22N4S2. The summed E-state index contributed by atoms with van der Waals surface area (Å²) < 4.78 is 0. The Labute approximate surface area is 123 Å². The second kappa shape index (κ2) is 7.75. The van der Waals surface area contributed by atoms with Crippen LogP contribution in [0, 0.1) is 6.92 Å². The molecule has 2 N–H and O–H groups in total. The van der Waals surface area contributed by atoms with Crippen LogP contribution in [-0.2, 0) is 6.54 Å². The third kappa shape index (κ3) is 5.03. The van der Waals surface area contributed by atoms with Crippen LogP contribution in [0.4, 0.5) is 0 Å². The van der Waals surface area contributed by atoms with Gasteiger partial charge in [0.15, 0.2) is 5.96 Å². The second-order valence-corrected chi connectivity index (χ2v) is 7.30. The molecule has 0 amide bonds. The summed E-state index contributed by atoms with van der Waals surface area (Å²) in [5.74, 6) is 2.21. The lowest BCUT2D eigenvalue weighted by atomic mass is 10.2. The molecule has 1 aromatic heterocycles. The predicted molar refractivity (Wildman–Crippen MR) is 85.1 cm³/mol. The van der Waals surface area contributed by atoms with Crippen LogP contribution in [0.2, 0.25) is 0 Å². The largest absolute Gasteiger partial charge is 0.357 e. The van der Waals surface area contributed by atoms with Crippen LogP contribution >= 0.6 is 23.1 Å². The Morgan fingerprint density at radius 2 is 2.42 bits per heavy atom. The van der Waals surface area contributed by atoms with Gasteiger partial charge in [-0.2, -0.15) is 11.8 Å². The van der Waals surface area contributed by atoms with Gasteiger partial charge in [-0.3, -0.25) is 0 Å². The monoisotopic (exact) mass is 298 g/mol. The van der Waals surface area contributed by atoms with Crippen LogP contribution in [0.5, 0.6) is 0 Å². The third-order valence-electron chi connectivity index (χ3n) is 2.91. The zero-order valence-corrected chi connectivity index (χ0v) is 13.2. The number of aryl methyl sites for hydroxylation is 1. The first-order valence-electron chi connectivity index (χ1n) is 6.83. The summed E-state index contributed by atoms with van der Waals surface area (Å²) in [5.41, 5.74) is 0. The first-order chi connectivity index (χ1) is 9.28. The number of nitrogens with one attached hydrogen (secondary N) is 2. The van der Waals surface area contributed by atoms with Gasteiger partial charge >= 0.3 is 0 Å². The van der Waals surface area contributed by atoms with E-state index in [1.54, 1.807) is 11.3 Å². The van der Waals surface area contributed by atoms with Gasteiger partial charge in [0.25, 0.3) is 0 Å². The molecule has 1 atom stereocenters. The van der Waals surface area contributed by atoms with Crippen LogP contribution in [0.25, 0.3) is 0 Å². The fourth-order valence-corrected chi connectivity index (χ4v) is 3.89. The molecule has 4 nitrogen and oxygen atoms in total. The van der Waals surface area contributed by atoms with E-state index in [1.165, 1.54) is 23.5 Å². The molecule has 1 aliphatic rings. The minimum absolute atomic E-state index is 0.658. The molecule has 6 heteroatoms. The number of hydrogen-bond donors (Lipinski definition) is 2. The molecule has 0 saturated carbocycles. The van der Waals surface area contributed by atoms with Crippen molar-refractivity contribution in [1.29, 1.82) is 0 Å². The van der Waals surface area contributed by atoms with Crippen LogP contribution in [0.15, 0.2) is 11.2 Å². The molecule has 0 aromatic carbocycles. The summed E-state index contributed by atoms with van der Waals surface area (Å²) in [6, 6.07) is 0. The zero-order valence-electron chi connectivity index (χ0n) is 11.6. The Balaban J connectivity index is 1.83. The standard InChI is InChI=1S/C13H22N4S2/c1-3-14-13(16-8-11-5-4-6-18-11)17-9-12-15-7-10(2)19-12/h7,11H,3-6,8-9H2,1-2H3,(H2,14,16,17). The van der Waals surface area contributed by atoms with Gasteiger partial charge in [0.05, 0.1) is 6.54 Å². The number of hydrogen-bond acceptors (Lipinski definition) is 4. The SMILES string of the molecule is CCNC(=NCc1ncc(C)s1)NCC1CCCS1. The quantitative estimate of drug-likeness (QED) is 0.647. The number of aliphatic imine (C=N–C) groups is 1. The molecule has 0 spiro atoms.